The number of aromatic nitrogens is 2. The maximum absolute atomic E-state index is 5.81. The molecule has 0 saturated carbocycles. The molecule has 1 N–H and O–H groups in total. The fourth-order valence-corrected chi connectivity index (χ4v) is 3.14. The van der Waals surface area contributed by atoms with Crippen LogP contribution in [-0.4, -0.2) is 41.9 Å². The molecular weight excluding hydrogens is 262 g/mol. The minimum atomic E-state index is 0.0785. The molecule has 0 aliphatic carbocycles. The second-order valence-electron chi connectivity index (χ2n) is 4.81. The van der Waals surface area contributed by atoms with Crippen molar-refractivity contribution in [1.29, 1.82) is 0 Å². The van der Waals surface area contributed by atoms with Gasteiger partial charge in [0.05, 0.1) is 11.6 Å². The van der Waals surface area contributed by atoms with Crippen LogP contribution in [-0.2, 0) is 4.74 Å². The van der Waals surface area contributed by atoms with E-state index in [4.69, 9.17) is 9.47 Å². The van der Waals surface area contributed by atoms with Gasteiger partial charge in [0.2, 0.25) is 5.88 Å². The number of nitrogens with zero attached hydrogens (tertiary/aromatic N) is 2. The summed E-state index contributed by atoms with van der Waals surface area (Å²) in [5, 5.41) is 5.40. The predicted molar refractivity (Wildman–Crippen MR) is 74.9 cm³/mol. The molecule has 1 aliphatic rings. The third kappa shape index (κ3) is 2.70. The number of nitrogens with one attached hydrogen (secondary N) is 1. The van der Waals surface area contributed by atoms with Gasteiger partial charge in [0, 0.05) is 13.1 Å². The molecule has 0 radical (unpaired) electrons. The van der Waals surface area contributed by atoms with Crippen LogP contribution in [0.1, 0.15) is 12.5 Å². The zero-order chi connectivity index (χ0) is 13.2. The molecule has 1 saturated heterocycles. The smallest absolute Gasteiger partial charge is 0.234 e. The van der Waals surface area contributed by atoms with Crippen LogP contribution in [0.2, 0.25) is 0 Å². The van der Waals surface area contributed by atoms with Gasteiger partial charge in [-0.3, -0.25) is 0 Å². The highest BCUT2D eigenvalue weighted by Crippen LogP contribution is 2.30. The van der Waals surface area contributed by atoms with Gasteiger partial charge in [0.25, 0.3) is 0 Å². The lowest BCUT2D eigenvalue weighted by molar-refractivity contribution is -0.0474. The lowest BCUT2D eigenvalue weighted by Gasteiger charge is -2.28. The summed E-state index contributed by atoms with van der Waals surface area (Å²) in [7, 11) is 0. The van der Waals surface area contributed by atoms with Crippen molar-refractivity contribution in [3.63, 3.8) is 0 Å². The fourth-order valence-electron chi connectivity index (χ4n) is 2.19. The molecule has 3 rings (SSSR count). The van der Waals surface area contributed by atoms with Gasteiger partial charge >= 0.3 is 0 Å². The molecule has 2 unspecified atom stereocenters. The average molecular weight is 279 g/mol. The highest BCUT2D eigenvalue weighted by Gasteiger charge is 2.20. The number of rotatable bonds is 3. The summed E-state index contributed by atoms with van der Waals surface area (Å²) < 4.78 is 12.6. The normalized spacial score (nSPS) is 23.7. The number of hydrogen-bond donors (Lipinski definition) is 1. The van der Waals surface area contributed by atoms with Crippen LogP contribution in [0, 0.1) is 6.92 Å². The minimum Gasteiger partial charge on any atom is -0.474 e. The molecule has 0 spiro atoms. The minimum absolute atomic E-state index is 0.0785. The Hall–Kier alpha value is -1.24. The summed E-state index contributed by atoms with van der Waals surface area (Å²) in [4.78, 5) is 8.51. The Bertz CT molecular complexity index is 572. The third-order valence-electron chi connectivity index (χ3n) is 3.13. The zero-order valence-electron chi connectivity index (χ0n) is 11.0. The monoisotopic (exact) mass is 279 g/mol. The topological polar surface area (TPSA) is 56.3 Å². The van der Waals surface area contributed by atoms with E-state index in [-0.39, 0.29) is 12.2 Å². The summed E-state index contributed by atoms with van der Waals surface area (Å²) >= 11 is 1.62. The van der Waals surface area contributed by atoms with Crippen molar-refractivity contribution in [1.82, 2.24) is 15.3 Å². The lowest BCUT2D eigenvalue weighted by Crippen LogP contribution is -2.45. The maximum atomic E-state index is 5.81. The standard InChI is InChI=1S/C13H17N3O2S/c1-8-6-19-12-11(8)15-7-16-13(12)17-5-10-4-14-3-9(2)18-10/h6-7,9-10,14H,3-5H2,1-2H3. The summed E-state index contributed by atoms with van der Waals surface area (Å²) in [6.07, 6.45) is 1.87. The SMILES string of the molecule is Cc1csc2c(OCC3CNCC(C)O3)ncnc12. The number of ether oxygens (including phenoxy) is 2. The molecule has 2 atom stereocenters. The molecule has 3 heterocycles. The van der Waals surface area contributed by atoms with Gasteiger partial charge in [0.15, 0.2) is 0 Å². The second kappa shape index (κ2) is 5.40. The molecule has 0 amide bonds. The molecule has 0 aromatic carbocycles. The van der Waals surface area contributed by atoms with E-state index in [1.807, 2.05) is 6.92 Å². The Morgan fingerprint density at radius 2 is 2.37 bits per heavy atom. The van der Waals surface area contributed by atoms with Crippen LogP contribution >= 0.6 is 11.3 Å². The van der Waals surface area contributed by atoms with Gasteiger partial charge in [-0.2, -0.15) is 0 Å². The second-order valence-corrected chi connectivity index (χ2v) is 5.69. The molecule has 0 bridgehead atoms. The van der Waals surface area contributed by atoms with Crippen LogP contribution in [0.15, 0.2) is 11.7 Å². The van der Waals surface area contributed by atoms with E-state index in [2.05, 4.69) is 27.6 Å². The van der Waals surface area contributed by atoms with E-state index in [0.29, 0.717) is 12.5 Å². The van der Waals surface area contributed by atoms with E-state index in [1.165, 1.54) is 0 Å². The van der Waals surface area contributed by atoms with Crippen molar-refractivity contribution in [2.24, 2.45) is 0 Å². The number of thiophene rings is 1. The van der Waals surface area contributed by atoms with Crippen LogP contribution in [0.3, 0.4) is 0 Å². The van der Waals surface area contributed by atoms with E-state index in [1.54, 1.807) is 17.7 Å². The van der Waals surface area contributed by atoms with Gasteiger partial charge < -0.3 is 14.8 Å². The zero-order valence-corrected chi connectivity index (χ0v) is 11.9. The van der Waals surface area contributed by atoms with Crippen molar-refractivity contribution >= 4 is 21.6 Å². The lowest BCUT2D eigenvalue weighted by atomic mass is 10.2. The van der Waals surface area contributed by atoms with Crippen LogP contribution in [0.5, 0.6) is 5.88 Å². The summed E-state index contributed by atoms with van der Waals surface area (Å²) in [6.45, 7) is 6.34. The Morgan fingerprint density at radius 1 is 1.47 bits per heavy atom. The fraction of sp³-hybridized carbons (Fsp3) is 0.538. The Morgan fingerprint density at radius 3 is 3.21 bits per heavy atom. The number of aryl methyl sites for hydroxylation is 1. The molecule has 1 fully saturated rings. The van der Waals surface area contributed by atoms with Crippen molar-refractivity contribution in [3.05, 3.63) is 17.3 Å². The molecule has 6 heteroatoms. The van der Waals surface area contributed by atoms with Crippen molar-refractivity contribution in [2.45, 2.75) is 26.1 Å². The van der Waals surface area contributed by atoms with E-state index in [0.717, 1.165) is 28.9 Å². The van der Waals surface area contributed by atoms with Crippen molar-refractivity contribution < 1.29 is 9.47 Å². The van der Waals surface area contributed by atoms with E-state index in [9.17, 15) is 0 Å². The van der Waals surface area contributed by atoms with Gasteiger partial charge in [-0.1, -0.05) is 0 Å². The summed E-state index contributed by atoms with van der Waals surface area (Å²) in [5.74, 6) is 0.657. The van der Waals surface area contributed by atoms with E-state index >= 15 is 0 Å². The summed E-state index contributed by atoms with van der Waals surface area (Å²) in [5.41, 5.74) is 2.14. The number of fused-ring (bicyclic) bond motifs is 1. The summed E-state index contributed by atoms with van der Waals surface area (Å²) in [6, 6.07) is 0. The largest absolute Gasteiger partial charge is 0.474 e. The van der Waals surface area contributed by atoms with Gasteiger partial charge in [-0.15, -0.1) is 11.3 Å². The van der Waals surface area contributed by atoms with E-state index < -0.39 is 0 Å². The first kappa shape index (κ1) is 12.8. The van der Waals surface area contributed by atoms with Crippen LogP contribution in [0.4, 0.5) is 0 Å². The predicted octanol–water partition coefficient (Wildman–Crippen LogP) is 1.76. The Kier molecular flexibility index (Phi) is 3.63. The van der Waals surface area contributed by atoms with Crippen molar-refractivity contribution in [2.75, 3.05) is 19.7 Å². The van der Waals surface area contributed by atoms with Crippen LogP contribution in [0.25, 0.3) is 10.2 Å². The first-order valence-corrected chi connectivity index (χ1v) is 7.30. The Balaban J connectivity index is 1.71. The number of hydrogen-bond acceptors (Lipinski definition) is 6. The highest BCUT2D eigenvalue weighted by atomic mass is 32.1. The molecule has 1 aliphatic heterocycles. The molecule has 2 aromatic rings. The first-order chi connectivity index (χ1) is 9.24. The molecule has 102 valence electrons. The van der Waals surface area contributed by atoms with Gasteiger partial charge in [0.1, 0.15) is 23.7 Å². The van der Waals surface area contributed by atoms with Crippen LogP contribution < -0.4 is 10.1 Å². The highest BCUT2D eigenvalue weighted by molar-refractivity contribution is 7.17. The van der Waals surface area contributed by atoms with Gasteiger partial charge in [-0.05, 0) is 24.8 Å². The molecule has 19 heavy (non-hydrogen) atoms. The first-order valence-electron chi connectivity index (χ1n) is 6.42. The third-order valence-corrected chi connectivity index (χ3v) is 4.21. The Labute approximate surface area is 116 Å². The molecule has 2 aromatic heterocycles. The quantitative estimate of drug-likeness (QED) is 0.927. The molecular formula is C13H17N3O2S. The number of morpholine rings is 1. The van der Waals surface area contributed by atoms with Gasteiger partial charge in [-0.25, -0.2) is 9.97 Å². The average Bonchev–Trinajstić information content (AvgIpc) is 2.79. The van der Waals surface area contributed by atoms with Crippen molar-refractivity contribution in [3.8, 4) is 5.88 Å². The maximum Gasteiger partial charge on any atom is 0.234 e. The molecule has 5 nitrogen and oxygen atoms in total.